The number of nitriles is 1. The number of nitrogens with one attached hydrogen (secondary N) is 2. The van der Waals surface area contributed by atoms with Crippen LogP contribution < -0.4 is 10.6 Å². The van der Waals surface area contributed by atoms with E-state index in [1.54, 1.807) is 17.0 Å². The maximum absolute atomic E-state index is 13.1. The lowest BCUT2D eigenvalue weighted by Crippen LogP contribution is -2.52. The highest BCUT2D eigenvalue weighted by Gasteiger charge is 2.30. The first-order chi connectivity index (χ1) is 14.6. The molecule has 0 radical (unpaired) electrons. The van der Waals surface area contributed by atoms with Crippen LogP contribution in [-0.2, 0) is 16.1 Å². The summed E-state index contributed by atoms with van der Waals surface area (Å²) in [5.41, 5.74) is 0.934. The maximum atomic E-state index is 13.1. The van der Waals surface area contributed by atoms with Crippen molar-refractivity contribution >= 4 is 29.4 Å². The van der Waals surface area contributed by atoms with Gasteiger partial charge in [0.25, 0.3) is 0 Å². The largest absolute Gasteiger partial charge is 0.344 e. The van der Waals surface area contributed by atoms with E-state index in [9.17, 15) is 9.59 Å². The molecule has 1 aromatic rings. The predicted molar refractivity (Wildman–Crippen MR) is 115 cm³/mol. The average Bonchev–Trinajstić information content (AvgIpc) is 3.23. The summed E-state index contributed by atoms with van der Waals surface area (Å²) in [6, 6.07) is 6.75. The Hall–Kier alpha value is -2.79. The van der Waals surface area contributed by atoms with Gasteiger partial charge in [0.05, 0.1) is 13.1 Å². The van der Waals surface area contributed by atoms with Crippen molar-refractivity contribution in [1.82, 2.24) is 20.4 Å². The Kier molecular flexibility index (Phi) is 7.91. The van der Waals surface area contributed by atoms with E-state index in [1.807, 2.05) is 23.2 Å². The topological polar surface area (TPSA) is 101 Å². The molecule has 2 N–H and O–H groups in total. The fourth-order valence-electron chi connectivity index (χ4n) is 3.73. The average molecular weight is 431 g/mol. The quantitative estimate of drug-likeness (QED) is 0.321. The van der Waals surface area contributed by atoms with Crippen molar-refractivity contribution in [2.45, 2.75) is 44.7 Å². The standard InChI is InChI=1S/C21H27ClN6O2/c22-17-8-6-16(7-9-17)13-24-21(25-15-23)26-18-5-1-2-12-28(20(18)30)14-19(29)27-10-3-4-11-27/h6-9,18H,1-5,10-14H2,(H2,24,25,26). The molecule has 0 aliphatic carbocycles. The molecule has 160 valence electrons. The van der Waals surface area contributed by atoms with Crippen molar-refractivity contribution in [2.75, 3.05) is 26.2 Å². The normalized spacial score (nSPS) is 19.9. The van der Waals surface area contributed by atoms with Gasteiger partial charge in [-0.05, 0) is 49.8 Å². The zero-order valence-electron chi connectivity index (χ0n) is 16.9. The molecule has 2 fully saturated rings. The zero-order valence-corrected chi connectivity index (χ0v) is 17.7. The number of benzene rings is 1. The lowest BCUT2D eigenvalue weighted by atomic mass is 10.1. The molecule has 2 aliphatic heterocycles. The molecule has 0 spiro atoms. The number of rotatable bonds is 5. The minimum atomic E-state index is -0.524. The lowest BCUT2D eigenvalue weighted by molar-refractivity contribution is -0.140. The zero-order chi connectivity index (χ0) is 21.3. The Morgan fingerprint density at radius 2 is 1.87 bits per heavy atom. The Balaban J connectivity index is 1.64. The number of hydrogen-bond donors (Lipinski definition) is 2. The van der Waals surface area contributed by atoms with Crippen molar-refractivity contribution < 1.29 is 9.59 Å². The number of carbonyl (C=O) groups excluding carboxylic acids is 2. The molecule has 0 bridgehead atoms. The molecule has 0 saturated carbocycles. The van der Waals surface area contributed by atoms with E-state index in [0.717, 1.165) is 44.3 Å². The van der Waals surface area contributed by atoms with Crippen LogP contribution in [0.15, 0.2) is 29.3 Å². The van der Waals surface area contributed by atoms with Crippen LogP contribution in [0.25, 0.3) is 0 Å². The molecule has 2 heterocycles. The highest BCUT2D eigenvalue weighted by Crippen LogP contribution is 2.15. The number of hydrogen-bond acceptors (Lipinski definition) is 4. The Morgan fingerprint density at radius 1 is 1.17 bits per heavy atom. The van der Waals surface area contributed by atoms with E-state index in [2.05, 4.69) is 15.6 Å². The third kappa shape index (κ3) is 6.10. The highest BCUT2D eigenvalue weighted by molar-refractivity contribution is 6.30. The number of likely N-dealkylation sites (tertiary alicyclic amines) is 2. The van der Waals surface area contributed by atoms with Gasteiger partial charge in [-0.3, -0.25) is 14.9 Å². The molecule has 9 heteroatoms. The second-order valence-corrected chi connectivity index (χ2v) is 8.00. The summed E-state index contributed by atoms with van der Waals surface area (Å²) in [6.45, 7) is 2.57. The van der Waals surface area contributed by atoms with Crippen LogP contribution in [-0.4, -0.2) is 59.8 Å². The Labute approximate surface area is 181 Å². The molecular weight excluding hydrogens is 404 g/mol. The first-order valence-corrected chi connectivity index (χ1v) is 10.7. The van der Waals surface area contributed by atoms with Gasteiger partial charge >= 0.3 is 0 Å². The molecule has 2 saturated heterocycles. The van der Waals surface area contributed by atoms with Gasteiger partial charge in [0.1, 0.15) is 6.04 Å². The second-order valence-electron chi connectivity index (χ2n) is 7.57. The first kappa shape index (κ1) is 21.9. The van der Waals surface area contributed by atoms with Crippen molar-refractivity contribution in [3.63, 3.8) is 0 Å². The molecule has 1 atom stereocenters. The Morgan fingerprint density at radius 3 is 2.57 bits per heavy atom. The van der Waals surface area contributed by atoms with E-state index in [4.69, 9.17) is 16.9 Å². The minimum absolute atomic E-state index is 0.00767. The summed E-state index contributed by atoms with van der Waals surface area (Å²) in [6.07, 6.45) is 6.24. The van der Waals surface area contributed by atoms with Crippen LogP contribution in [0.4, 0.5) is 0 Å². The number of carbonyl (C=O) groups is 2. The van der Waals surface area contributed by atoms with E-state index in [1.165, 1.54) is 0 Å². The fraction of sp³-hybridized carbons (Fsp3) is 0.524. The monoisotopic (exact) mass is 430 g/mol. The number of halogens is 1. The second kappa shape index (κ2) is 10.8. The van der Waals surface area contributed by atoms with Crippen LogP contribution in [0.5, 0.6) is 0 Å². The third-order valence-electron chi connectivity index (χ3n) is 5.38. The third-order valence-corrected chi connectivity index (χ3v) is 5.64. The highest BCUT2D eigenvalue weighted by atomic mass is 35.5. The van der Waals surface area contributed by atoms with Crippen LogP contribution in [0.2, 0.25) is 5.02 Å². The van der Waals surface area contributed by atoms with Gasteiger partial charge in [0, 0.05) is 24.7 Å². The molecule has 2 amide bonds. The molecule has 8 nitrogen and oxygen atoms in total. The van der Waals surface area contributed by atoms with Crippen molar-refractivity contribution in [3.8, 4) is 6.19 Å². The minimum Gasteiger partial charge on any atom is -0.344 e. The molecule has 1 unspecified atom stereocenters. The fourth-order valence-corrected chi connectivity index (χ4v) is 3.85. The van der Waals surface area contributed by atoms with E-state index in [0.29, 0.717) is 24.5 Å². The van der Waals surface area contributed by atoms with Gasteiger partial charge in [-0.15, -0.1) is 0 Å². The smallest absolute Gasteiger partial charge is 0.245 e. The maximum Gasteiger partial charge on any atom is 0.245 e. The van der Waals surface area contributed by atoms with Gasteiger partial charge in [0.15, 0.2) is 6.19 Å². The first-order valence-electron chi connectivity index (χ1n) is 10.3. The summed E-state index contributed by atoms with van der Waals surface area (Å²) in [7, 11) is 0. The van der Waals surface area contributed by atoms with Gasteiger partial charge in [-0.2, -0.15) is 5.26 Å². The predicted octanol–water partition coefficient (Wildman–Crippen LogP) is 1.86. The lowest BCUT2D eigenvalue weighted by Gasteiger charge is -2.27. The van der Waals surface area contributed by atoms with Gasteiger partial charge < -0.3 is 15.1 Å². The van der Waals surface area contributed by atoms with Crippen molar-refractivity contribution in [3.05, 3.63) is 34.9 Å². The van der Waals surface area contributed by atoms with Crippen molar-refractivity contribution in [1.29, 1.82) is 5.26 Å². The molecule has 3 rings (SSSR count). The number of nitrogens with zero attached hydrogens (tertiary/aromatic N) is 4. The van der Waals surface area contributed by atoms with Gasteiger partial charge in [0.2, 0.25) is 17.8 Å². The van der Waals surface area contributed by atoms with Gasteiger partial charge in [-0.25, -0.2) is 4.99 Å². The van der Waals surface area contributed by atoms with Crippen molar-refractivity contribution in [2.24, 2.45) is 4.99 Å². The molecule has 30 heavy (non-hydrogen) atoms. The summed E-state index contributed by atoms with van der Waals surface area (Å²) < 4.78 is 0. The van der Waals surface area contributed by atoms with Crippen LogP contribution in [0.1, 0.15) is 37.7 Å². The van der Waals surface area contributed by atoms with Crippen LogP contribution in [0.3, 0.4) is 0 Å². The van der Waals surface area contributed by atoms with Crippen LogP contribution >= 0.6 is 11.6 Å². The van der Waals surface area contributed by atoms with E-state index in [-0.39, 0.29) is 24.3 Å². The number of guanidine groups is 1. The summed E-state index contributed by atoms with van der Waals surface area (Å²) in [5, 5.41) is 15.3. The molecular formula is C21H27ClN6O2. The summed E-state index contributed by atoms with van der Waals surface area (Å²) in [5.74, 6) is 0.130. The number of aliphatic imine (C=N–C) groups is 1. The molecule has 1 aromatic carbocycles. The summed E-state index contributed by atoms with van der Waals surface area (Å²) >= 11 is 5.90. The van der Waals surface area contributed by atoms with E-state index >= 15 is 0 Å². The molecule has 0 aromatic heterocycles. The molecule has 2 aliphatic rings. The van der Waals surface area contributed by atoms with Crippen LogP contribution in [0, 0.1) is 11.5 Å². The van der Waals surface area contributed by atoms with E-state index < -0.39 is 6.04 Å². The SMILES string of the molecule is N#CNC(=NCc1ccc(Cl)cc1)NC1CCCCN(CC(=O)N2CCCC2)C1=O. The Bertz CT molecular complexity index is 814. The number of amides is 2. The summed E-state index contributed by atoms with van der Waals surface area (Å²) in [4.78, 5) is 33.4. The van der Waals surface area contributed by atoms with Gasteiger partial charge in [-0.1, -0.05) is 23.7 Å².